The van der Waals surface area contributed by atoms with Gasteiger partial charge in [0, 0.05) is 24.0 Å². The molecule has 1 heterocycles. The molecule has 1 aromatic heterocycles. The average Bonchev–Trinajstić information content (AvgIpc) is 3.15. The number of fused-ring (bicyclic) bond motifs is 1. The van der Waals surface area contributed by atoms with Gasteiger partial charge < -0.3 is 9.64 Å². The highest BCUT2D eigenvalue weighted by molar-refractivity contribution is 9.10. The van der Waals surface area contributed by atoms with Gasteiger partial charge in [0.25, 0.3) is 0 Å². The van der Waals surface area contributed by atoms with Gasteiger partial charge in [0.05, 0.1) is 28.0 Å². The number of hydrogen-bond donors (Lipinski definition) is 0. The van der Waals surface area contributed by atoms with Gasteiger partial charge >= 0.3 is 0 Å². The number of nitrogens with zero attached hydrogens (tertiary/aromatic N) is 3. The first-order chi connectivity index (χ1) is 14.7. The Hall–Kier alpha value is -2.01. The molecule has 0 radical (unpaired) electrons. The summed E-state index contributed by atoms with van der Waals surface area (Å²) in [6.45, 7) is 1.06. The van der Waals surface area contributed by atoms with E-state index in [1.54, 1.807) is 17.0 Å². The summed E-state index contributed by atoms with van der Waals surface area (Å²) in [5.41, 5.74) is 0.803. The molecule has 7 nitrogen and oxygen atoms in total. The molecule has 0 aliphatic rings. The van der Waals surface area contributed by atoms with Crippen molar-refractivity contribution in [2.75, 3.05) is 44.9 Å². The third-order valence-corrected chi connectivity index (χ3v) is 7.91. The SMILES string of the molecule is COc1ccc(S(=O)(=O)CCC(=O)N(CCN(C)C)c2nc3ccc(Br)cc3s2)cc1. The zero-order valence-electron chi connectivity index (χ0n) is 17.5. The molecule has 0 spiro atoms. The average molecular weight is 526 g/mol. The van der Waals surface area contributed by atoms with Gasteiger partial charge in [0.15, 0.2) is 15.0 Å². The van der Waals surface area contributed by atoms with Crippen LogP contribution in [0, 0.1) is 0 Å². The van der Waals surface area contributed by atoms with E-state index in [-0.39, 0.29) is 23.0 Å². The maximum Gasteiger partial charge on any atom is 0.229 e. The van der Waals surface area contributed by atoms with Crippen molar-refractivity contribution in [3.63, 3.8) is 0 Å². The molecule has 0 aliphatic heterocycles. The lowest BCUT2D eigenvalue weighted by Gasteiger charge is -2.22. The number of carbonyl (C=O) groups is 1. The zero-order valence-corrected chi connectivity index (χ0v) is 20.8. The molecule has 1 amide bonds. The van der Waals surface area contributed by atoms with Gasteiger partial charge in [-0.15, -0.1) is 0 Å². The number of rotatable bonds is 9. The molecule has 10 heteroatoms. The van der Waals surface area contributed by atoms with E-state index < -0.39 is 9.84 Å². The smallest absolute Gasteiger partial charge is 0.229 e. The van der Waals surface area contributed by atoms with Crippen LogP contribution in [-0.2, 0) is 14.6 Å². The molecule has 0 aliphatic carbocycles. The minimum absolute atomic E-state index is 0.124. The Morgan fingerprint density at radius 2 is 1.84 bits per heavy atom. The number of carbonyl (C=O) groups excluding carboxylic acids is 1. The van der Waals surface area contributed by atoms with Crippen molar-refractivity contribution in [3.8, 4) is 5.75 Å². The van der Waals surface area contributed by atoms with E-state index in [0.29, 0.717) is 24.0 Å². The van der Waals surface area contributed by atoms with Crippen molar-refractivity contribution in [1.82, 2.24) is 9.88 Å². The van der Waals surface area contributed by atoms with E-state index in [1.165, 1.54) is 30.6 Å². The fourth-order valence-electron chi connectivity index (χ4n) is 2.89. The van der Waals surface area contributed by atoms with Gasteiger partial charge in [0.2, 0.25) is 5.91 Å². The fraction of sp³-hybridized carbons (Fsp3) is 0.333. The summed E-state index contributed by atoms with van der Waals surface area (Å²) in [4.78, 5) is 21.4. The van der Waals surface area contributed by atoms with Crippen molar-refractivity contribution in [2.45, 2.75) is 11.3 Å². The summed E-state index contributed by atoms with van der Waals surface area (Å²) in [7, 11) is 1.77. The highest BCUT2D eigenvalue weighted by atomic mass is 79.9. The summed E-state index contributed by atoms with van der Waals surface area (Å²) in [5, 5.41) is 0.571. The van der Waals surface area contributed by atoms with Gasteiger partial charge in [-0.05, 0) is 56.6 Å². The molecule has 3 rings (SSSR count). The number of sulfone groups is 1. The van der Waals surface area contributed by atoms with Gasteiger partial charge in [-0.2, -0.15) is 0 Å². The number of amides is 1. The third kappa shape index (κ3) is 6.03. The number of hydrogen-bond acceptors (Lipinski definition) is 7. The lowest BCUT2D eigenvalue weighted by atomic mass is 10.3. The van der Waals surface area contributed by atoms with Crippen molar-refractivity contribution in [3.05, 3.63) is 46.9 Å². The van der Waals surface area contributed by atoms with Crippen LogP contribution in [0.15, 0.2) is 51.8 Å². The largest absolute Gasteiger partial charge is 0.497 e. The maximum atomic E-state index is 13.1. The summed E-state index contributed by atoms with van der Waals surface area (Å²) >= 11 is 4.87. The number of likely N-dealkylation sites (N-methyl/N-ethyl adjacent to an activating group) is 1. The molecular formula is C21H24BrN3O4S2. The third-order valence-electron chi connectivity index (χ3n) is 4.65. The summed E-state index contributed by atoms with van der Waals surface area (Å²) in [6.07, 6.45) is -0.124. The molecule has 3 aromatic rings. The second kappa shape index (κ2) is 10.1. The highest BCUT2D eigenvalue weighted by Crippen LogP contribution is 2.31. The van der Waals surface area contributed by atoms with Crippen molar-refractivity contribution < 1.29 is 17.9 Å². The predicted molar refractivity (Wildman–Crippen MR) is 128 cm³/mol. The fourth-order valence-corrected chi connectivity index (χ4v) is 5.68. The molecular weight excluding hydrogens is 502 g/mol. The van der Waals surface area contributed by atoms with Crippen LogP contribution in [0.3, 0.4) is 0 Å². The topological polar surface area (TPSA) is 79.8 Å². The number of methoxy groups -OCH3 is 1. The van der Waals surface area contributed by atoms with E-state index in [4.69, 9.17) is 4.74 Å². The number of thiazole rings is 1. The van der Waals surface area contributed by atoms with Crippen LogP contribution in [0.5, 0.6) is 5.75 Å². The quantitative estimate of drug-likeness (QED) is 0.422. The molecule has 0 fully saturated rings. The Morgan fingerprint density at radius 3 is 2.48 bits per heavy atom. The highest BCUT2D eigenvalue weighted by Gasteiger charge is 2.23. The first-order valence-electron chi connectivity index (χ1n) is 9.57. The van der Waals surface area contributed by atoms with Crippen LogP contribution >= 0.6 is 27.3 Å². The van der Waals surface area contributed by atoms with Crippen molar-refractivity contribution in [2.24, 2.45) is 0 Å². The van der Waals surface area contributed by atoms with Gasteiger partial charge in [-0.1, -0.05) is 27.3 Å². The van der Waals surface area contributed by atoms with E-state index >= 15 is 0 Å². The van der Waals surface area contributed by atoms with E-state index in [0.717, 1.165) is 14.7 Å². The zero-order chi connectivity index (χ0) is 22.6. The maximum absolute atomic E-state index is 13.1. The second-order valence-corrected chi connectivity index (χ2v) is 11.2. The number of aromatic nitrogens is 1. The van der Waals surface area contributed by atoms with Gasteiger partial charge in [-0.25, -0.2) is 13.4 Å². The molecule has 0 saturated heterocycles. The molecule has 2 aromatic carbocycles. The first kappa shape index (κ1) is 23.6. The monoisotopic (exact) mass is 525 g/mol. The Morgan fingerprint density at radius 1 is 1.13 bits per heavy atom. The lowest BCUT2D eigenvalue weighted by Crippen LogP contribution is -2.37. The normalized spacial score (nSPS) is 11.8. The number of anilines is 1. The summed E-state index contributed by atoms with van der Waals surface area (Å²) < 4.78 is 32.4. The Labute approximate surface area is 194 Å². The molecule has 0 bridgehead atoms. The molecule has 31 heavy (non-hydrogen) atoms. The van der Waals surface area contributed by atoms with E-state index in [2.05, 4.69) is 20.9 Å². The van der Waals surface area contributed by atoms with Gasteiger partial charge in [-0.3, -0.25) is 9.69 Å². The van der Waals surface area contributed by atoms with Gasteiger partial charge in [0.1, 0.15) is 5.75 Å². The lowest BCUT2D eigenvalue weighted by molar-refractivity contribution is -0.118. The Balaban J connectivity index is 1.78. The number of benzene rings is 2. The Bertz CT molecular complexity index is 1160. The summed E-state index contributed by atoms with van der Waals surface area (Å²) in [6, 6.07) is 11.9. The summed E-state index contributed by atoms with van der Waals surface area (Å²) in [5.74, 6) is 0.0389. The second-order valence-electron chi connectivity index (χ2n) is 7.20. The van der Waals surface area contributed by atoms with Crippen molar-refractivity contribution in [1.29, 1.82) is 0 Å². The number of ether oxygens (including phenoxy) is 1. The van der Waals surface area contributed by atoms with Crippen LogP contribution in [-0.4, -0.2) is 64.3 Å². The van der Waals surface area contributed by atoms with Crippen LogP contribution in [0.4, 0.5) is 5.13 Å². The van der Waals surface area contributed by atoms with E-state index in [9.17, 15) is 13.2 Å². The van der Waals surface area contributed by atoms with E-state index in [1.807, 2.05) is 37.2 Å². The minimum Gasteiger partial charge on any atom is -0.497 e. The molecule has 0 unspecified atom stereocenters. The first-order valence-corrected chi connectivity index (χ1v) is 12.8. The van der Waals surface area contributed by atoms with Crippen LogP contribution < -0.4 is 9.64 Å². The molecule has 0 N–H and O–H groups in total. The Kier molecular flexibility index (Phi) is 7.68. The molecule has 166 valence electrons. The number of halogens is 1. The van der Waals surface area contributed by atoms with Crippen LogP contribution in [0.2, 0.25) is 0 Å². The minimum atomic E-state index is -3.59. The standard InChI is InChI=1S/C21H24BrN3O4S2/c1-24(2)11-12-25(21-23-18-9-4-15(22)14-19(18)30-21)20(26)10-13-31(27,28)17-7-5-16(29-3)6-8-17/h4-9,14H,10-13H2,1-3H3. The molecule has 0 saturated carbocycles. The van der Waals surface area contributed by atoms with Crippen molar-refractivity contribution >= 4 is 58.4 Å². The molecule has 0 atom stereocenters. The predicted octanol–water partition coefficient (Wildman–Crippen LogP) is 3.83. The van der Waals surface area contributed by atoms with Crippen LogP contribution in [0.25, 0.3) is 10.2 Å². The van der Waals surface area contributed by atoms with Crippen LogP contribution in [0.1, 0.15) is 6.42 Å².